The predicted octanol–water partition coefficient (Wildman–Crippen LogP) is 4.08. The van der Waals surface area contributed by atoms with Crippen LogP contribution in [-0.4, -0.2) is 11.2 Å². The molecule has 1 aromatic heterocycles. The fourth-order valence-corrected chi connectivity index (χ4v) is 2.51. The molecule has 0 bridgehead atoms. The molecule has 1 heterocycles. The smallest absolute Gasteiger partial charge is 0.287 e. The molecule has 100 valence electrons. The summed E-state index contributed by atoms with van der Waals surface area (Å²) < 4.78 is 5.80. The third-order valence-corrected chi connectivity index (χ3v) is 4.41. The Balaban J connectivity index is 2.22. The van der Waals surface area contributed by atoms with Crippen molar-refractivity contribution >= 4 is 37.8 Å². The molecule has 0 saturated carbocycles. The quantitative estimate of drug-likeness (QED) is 0.804. The van der Waals surface area contributed by atoms with Crippen molar-refractivity contribution in [2.75, 3.05) is 5.33 Å². The van der Waals surface area contributed by atoms with Gasteiger partial charge in [-0.1, -0.05) is 46.3 Å². The molecule has 0 aliphatic heterocycles. The number of rotatable bonds is 4. The number of hydrogen-bond donors (Lipinski definition) is 1. The van der Waals surface area contributed by atoms with E-state index < -0.39 is 5.54 Å². The van der Waals surface area contributed by atoms with Crippen LogP contribution in [-0.2, 0) is 5.54 Å². The first kappa shape index (κ1) is 14.3. The maximum atomic E-state index is 12.2. The Hall–Kier alpha value is -1.07. The lowest BCUT2D eigenvalue weighted by molar-refractivity contribution is 0.0884. The minimum absolute atomic E-state index is 0.239. The van der Waals surface area contributed by atoms with E-state index in [0.29, 0.717) is 10.00 Å². The Morgan fingerprint density at radius 2 is 1.95 bits per heavy atom. The summed E-state index contributed by atoms with van der Waals surface area (Å²) in [6, 6.07) is 13.2. The zero-order valence-electron chi connectivity index (χ0n) is 10.3. The maximum absolute atomic E-state index is 12.2. The van der Waals surface area contributed by atoms with Gasteiger partial charge in [0, 0.05) is 5.33 Å². The third kappa shape index (κ3) is 3.28. The monoisotopic (exact) mass is 385 g/mol. The molecular weight excluding hydrogens is 374 g/mol. The average Bonchev–Trinajstić information content (AvgIpc) is 2.86. The van der Waals surface area contributed by atoms with Gasteiger partial charge in [0.25, 0.3) is 5.91 Å². The minimum atomic E-state index is -0.488. The molecule has 0 aliphatic rings. The van der Waals surface area contributed by atoms with Crippen LogP contribution in [0.3, 0.4) is 0 Å². The van der Waals surface area contributed by atoms with Crippen LogP contribution in [0.1, 0.15) is 23.0 Å². The number of nitrogens with one attached hydrogen (secondary N) is 1. The molecule has 0 aliphatic carbocycles. The molecule has 1 N–H and O–H groups in total. The zero-order chi connectivity index (χ0) is 13.9. The second-order valence-electron chi connectivity index (χ2n) is 4.39. The largest absolute Gasteiger partial charge is 0.444 e. The second-order valence-corrected chi connectivity index (χ2v) is 5.73. The van der Waals surface area contributed by atoms with Gasteiger partial charge in [-0.3, -0.25) is 4.79 Å². The summed E-state index contributed by atoms with van der Waals surface area (Å²) in [7, 11) is 0. The number of carbonyl (C=O) groups excluding carboxylic acids is 1. The summed E-state index contributed by atoms with van der Waals surface area (Å²) in [6.07, 6.45) is 0. The SMILES string of the molecule is CC(CBr)(NC(=O)c1ccc(Br)o1)c1ccccc1. The van der Waals surface area contributed by atoms with E-state index in [0.717, 1.165) is 5.56 Å². The topological polar surface area (TPSA) is 42.2 Å². The Morgan fingerprint density at radius 3 is 2.47 bits per heavy atom. The van der Waals surface area contributed by atoms with E-state index in [2.05, 4.69) is 37.2 Å². The van der Waals surface area contributed by atoms with Gasteiger partial charge in [0.15, 0.2) is 10.4 Å². The van der Waals surface area contributed by atoms with Crippen LogP contribution in [0.2, 0.25) is 0 Å². The van der Waals surface area contributed by atoms with Gasteiger partial charge in [-0.15, -0.1) is 0 Å². The lowest BCUT2D eigenvalue weighted by Gasteiger charge is -2.29. The molecule has 1 unspecified atom stereocenters. The lowest BCUT2D eigenvalue weighted by Crippen LogP contribution is -2.44. The molecule has 0 spiro atoms. The summed E-state index contributed by atoms with van der Waals surface area (Å²) in [5.41, 5.74) is 0.545. The summed E-state index contributed by atoms with van der Waals surface area (Å²) in [4.78, 5) is 12.2. The number of carbonyl (C=O) groups is 1. The lowest BCUT2D eigenvalue weighted by atomic mass is 9.94. The van der Waals surface area contributed by atoms with Crippen LogP contribution in [0.4, 0.5) is 0 Å². The average molecular weight is 387 g/mol. The van der Waals surface area contributed by atoms with Crippen molar-refractivity contribution in [2.45, 2.75) is 12.5 Å². The Morgan fingerprint density at radius 1 is 1.26 bits per heavy atom. The van der Waals surface area contributed by atoms with Crippen molar-refractivity contribution in [1.29, 1.82) is 0 Å². The first-order chi connectivity index (χ1) is 9.05. The predicted molar refractivity (Wildman–Crippen MR) is 81.5 cm³/mol. The van der Waals surface area contributed by atoms with Crippen molar-refractivity contribution in [3.05, 3.63) is 58.5 Å². The molecule has 0 saturated heterocycles. The first-order valence-electron chi connectivity index (χ1n) is 5.74. The fraction of sp³-hybridized carbons (Fsp3) is 0.214. The summed E-state index contributed by atoms with van der Waals surface area (Å²) in [6.45, 7) is 1.97. The van der Waals surface area contributed by atoms with Crippen molar-refractivity contribution < 1.29 is 9.21 Å². The second kappa shape index (κ2) is 5.92. The number of benzene rings is 1. The van der Waals surface area contributed by atoms with Crippen LogP contribution in [0, 0.1) is 0 Å². The molecule has 0 fully saturated rings. The summed E-state index contributed by atoms with van der Waals surface area (Å²) in [5.74, 6) is 0.0477. The highest BCUT2D eigenvalue weighted by atomic mass is 79.9. The van der Waals surface area contributed by atoms with E-state index in [1.54, 1.807) is 12.1 Å². The van der Waals surface area contributed by atoms with Crippen molar-refractivity contribution in [3.63, 3.8) is 0 Å². The normalized spacial score (nSPS) is 13.8. The minimum Gasteiger partial charge on any atom is -0.444 e. The van der Waals surface area contributed by atoms with Gasteiger partial charge in [-0.25, -0.2) is 0 Å². The molecule has 0 radical (unpaired) electrons. The zero-order valence-corrected chi connectivity index (χ0v) is 13.5. The van der Waals surface area contributed by atoms with E-state index >= 15 is 0 Å². The van der Waals surface area contributed by atoms with Crippen LogP contribution >= 0.6 is 31.9 Å². The standard InChI is InChI=1S/C14H13Br2NO2/c1-14(9-15,10-5-3-2-4-6-10)17-13(18)11-7-8-12(16)19-11/h2-8H,9H2,1H3,(H,17,18). The van der Waals surface area contributed by atoms with Gasteiger partial charge in [0.2, 0.25) is 0 Å². The summed E-state index contributed by atoms with van der Waals surface area (Å²) in [5, 5.41) is 3.60. The molecule has 19 heavy (non-hydrogen) atoms. The van der Waals surface area contributed by atoms with Crippen LogP contribution in [0.25, 0.3) is 0 Å². The Labute approximate surface area is 128 Å². The highest BCUT2D eigenvalue weighted by Crippen LogP contribution is 2.24. The first-order valence-corrected chi connectivity index (χ1v) is 7.66. The van der Waals surface area contributed by atoms with Crippen LogP contribution < -0.4 is 5.32 Å². The van der Waals surface area contributed by atoms with Crippen LogP contribution in [0.15, 0.2) is 51.6 Å². The molecule has 2 rings (SSSR count). The highest BCUT2D eigenvalue weighted by molar-refractivity contribution is 9.10. The molecule has 5 heteroatoms. The van der Waals surface area contributed by atoms with Gasteiger partial charge in [-0.05, 0) is 40.5 Å². The van der Waals surface area contributed by atoms with Gasteiger partial charge < -0.3 is 9.73 Å². The van der Waals surface area contributed by atoms with E-state index in [4.69, 9.17) is 4.42 Å². The number of halogens is 2. The van der Waals surface area contributed by atoms with E-state index in [1.165, 1.54) is 0 Å². The number of hydrogen-bond acceptors (Lipinski definition) is 2. The molecule has 1 aromatic carbocycles. The fourth-order valence-electron chi connectivity index (χ4n) is 1.74. The molecule has 1 amide bonds. The summed E-state index contributed by atoms with van der Waals surface area (Å²) >= 11 is 6.65. The van der Waals surface area contributed by atoms with Crippen LogP contribution in [0.5, 0.6) is 0 Å². The van der Waals surface area contributed by atoms with E-state index in [-0.39, 0.29) is 11.7 Å². The van der Waals surface area contributed by atoms with Crippen molar-refractivity contribution in [3.8, 4) is 0 Å². The third-order valence-electron chi connectivity index (χ3n) is 2.86. The van der Waals surface area contributed by atoms with Gasteiger partial charge in [0.05, 0.1) is 5.54 Å². The Kier molecular flexibility index (Phi) is 4.47. The van der Waals surface area contributed by atoms with Gasteiger partial charge >= 0.3 is 0 Å². The number of amides is 1. The molecule has 2 aromatic rings. The number of furan rings is 1. The highest BCUT2D eigenvalue weighted by Gasteiger charge is 2.28. The van der Waals surface area contributed by atoms with Crippen molar-refractivity contribution in [1.82, 2.24) is 5.32 Å². The van der Waals surface area contributed by atoms with E-state index in [1.807, 2.05) is 37.3 Å². The van der Waals surface area contributed by atoms with Gasteiger partial charge in [-0.2, -0.15) is 0 Å². The molecular formula is C14H13Br2NO2. The maximum Gasteiger partial charge on any atom is 0.287 e. The number of alkyl halides is 1. The Bertz CT molecular complexity index is 568. The molecule has 1 atom stereocenters. The van der Waals surface area contributed by atoms with E-state index in [9.17, 15) is 4.79 Å². The van der Waals surface area contributed by atoms with Crippen molar-refractivity contribution in [2.24, 2.45) is 0 Å². The van der Waals surface area contributed by atoms with Gasteiger partial charge in [0.1, 0.15) is 0 Å². The molecule has 3 nitrogen and oxygen atoms in total.